The molecule has 0 radical (unpaired) electrons. The summed E-state index contributed by atoms with van der Waals surface area (Å²) >= 11 is 7.28. The topological polar surface area (TPSA) is 69.0 Å². The van der Waals surface area contributed by atoms with Crippen LogP contribution in [0.4, 0.5) is 5.69 Å². The molecule has 1 amide bonds. The lowest BCUT2D eigenvalue weighted by molar-refractivity contribution is -0.113. The van der Waals surface area contributed by atoms with Crippen molar-refractivity contribution in [2.24, 2.45) is 0 Å². The first-order valence-electron chi connectivity index (χ1n) is 11.0. The second kappa shape index (κ2) is 10.6. The largest absolute Gasteiger partial charge is 0.486 e. The second-order valence-electron chi connectivity index (χ2n) is 7.68. The Bertz CT molecular complexity index is 1450. The van der Waals surface area contributed by atoms with Crippen LogP contribution in [0.25, 0.3) is 16.5 Å². The Morgan fingerprint density at radius 1 is 0.886 bits per heavy atom. The zero-order valence-corrected chi connectivity index (χ0v) is 20.2. The first kappa shape index (κ1) is 23.0. The van der Waals surface area contributed by atoms with Crippen LogP contribution in [0.5, 0.6) is 5.75 Å². The number of carbonyl (C=O) groups excluding carboxylic acids is 1. The van der Waals surface area contributed by atoms with Crippen molar-refractivity contribution in [3.63, 3.8) is 0 Å². The number of anilines is 1. The van der Waals surface area contributed by atoms with Gasteiger partial charge in [0.25, 0.3) is 0 Å². The number of hydrogen-bond donors (Lipinski definition) is 1. The van der Waals surface area contributed by atoms with Crippen molar-refractivity contribution in [3.8, 4) is 11.4 Å². The smallest absolute Gasteiger partial charge is 0.234 e. The SMILES string of the molecule is O=C(CSc1nnc(COc2ccc(Cl)cc2)n1-c1ccccc1)Nc1cccc2ccccc12. The Kier molecular flexibility index (Phi) is 6.97. The summed E-state index contributed by atoms with van der Waals surface area (Å²) in [6.45, 7) is 0.215. The molecule has 0 unspecified atom stereocenters. The van der Waals surface area contributed by atoms with E-state index in [0.29, 0.717) is 21.8 Å². The maximum absolute atomic E-state index is 12.8. The number of hydrogen-bond acceptors (Lipinski definition) is 5. The van der Waals surface area contributed by atoms with Gasteiger partial charge in [-0.2, -0.15) is 0 Å². The van der Waals surface area contributed by atoms with Crippen LogP contribution in [-0.4, -0.2) is 26.4 Å². The highest BCUT2D eigenvalue weighted by molar-refractivity contribution is 7.99. The van der Waals surface area contributed by atoms with Gasteiger partial charge in [-0.1, -0.05) is 78.0 Å². The van der Waals surface area contributed by atoms with Gasteiger partial charge in [-0.05, 0) is 47.9 Å². The van der Waals surface area contributed by atoms with Crippen LogP contribution in [0, 0.1) is 0 Å². The highest BCUT2D eigenvalue weighted by Crippen LogP contribution is 2.26. The molecule has 6 nitrogen and oxygen atoms in total. The fraction of sp³-hybridized carbons (Fsp3) is 0.0741. The van der Waals surface area contributed by atoms with Gasteiger partial charge in [0.05, 0.1) is 5.75 Å². The zero-order valence-electron chi connectivity index (χ0n) is 18.6. The molecule has 1 aromatic heterocycles. The number of amides is 1. The molecule has 0 spiro atoms. The monoisotopic (exact) mass is 500 g/mol. The molecule has 0 saturated carbocycles. The normalized spacial score (nSPS) is 10.9. The molecule has 4 aromatic carbocycles. The number of halogens is 1. The van der Waals surface area contributed by atoms with Gasteiger partial charge in [0, 0.05) is 21.8 Å². The van der Waals surface area contributed by atoms with E-state index in [0.717, 1.165) is 22.1 Å². The average Bonchev–Trinajstić information content (AvgIpc) is 3.31. The summed E-state index contributed by atoms with van der Waals surface area (Å²) < 4.78 is 7.81. The predicted molar refractivity (Wildman–Crippen MR) is 140 cm³/mol. The molecule has 8 heteroatoms. The van der Waals surface area contributed by atoms with E-state index in [4.69, 9.17) is 16.3 Å². The van der Waals surface area contributed by atoms with Gasteiger partial charge in [0.1, 0.15) is 12.4 Å². The summed E-state index contributed by atoms with van der Waals surface area (Å²) in [5.74, 6) is 1.38. The van der Waals surface area contributed by atoms with Crippen molar-refractivity contribution < 1.29 is 9.53 Å². The summed E-state index contributed by atoms with van der Waals surface area (Å²) in [4.78, 5) is 12.8. The fourth-order valence-electron chi connectivity index (χ4n) is 3.65. The van der Waals surface area contributed by atoms with Gasteiger partial charge in [-0.15, -0.1) is 10.2 Å². The van der Waals surface area contributed by atoms with E-state index in [1.54, 1.807) is 24.3 Å². The first-order chi connectivity index (χ1) is 17.2. The molecule has 0 aliphatic carbocycles. The van der Waals surface area contributed by atoms with Crippen LogP contribution >= 0.6 is 23.4 Å². The van der Waals surface area contributed by atoms with Gasteiger partial charge in [-0.3, -0.25) is 9.36 Å². The second-order valence-corrected chi connectivity index (χ2v) is 9.05. The third-order valence-electron chi connectivity index (χ3n) is 5.29. The minimum atomic E-state index is -0.118. The molecule has 0 atom stereocenters. The van der Waals surface area contributed by atoms with E-state index in [1.165, 1.54) is 11.8 Å². The van der Waals surface area contributed by atoms with Gasteiger partial charge < -0.3 is 10.1 Å². The van der Waals surface area contributed by atoms with Crippen molar-refractivity contribution in [2.45, 2.75) is 11.8 Å². The van der Waals surface area contributed by atoms with E-state index >= 15 is 0 Å². The summed E-state index contributed by atoms with van der Waals surface area (Å²) in [5, 5.41) is 15.0. The molecule has 1 heterocycles. The van der Waals surface area contributed by atoms with Gasteiger partial charge >= 0.3 is 0 Å². The molecule has 0 bridgehead atoms. The third kappa shape index (κ3) is 5.48. The summed E-state index contributed by atoms with van der Waals surface area (Å²) in [6, 6.07) is 30.8. The Labute approximate surface area is 211 Å². The maximum Gasteiger partial charge on any atom is 0.234 e. The van der Waals surface area contributed by atoms with Gasteiger partial charge in [0.15, 0.2) is 11.0 Å². The van der Waals surface area contributed by atoms with E-state index in [1.807, 2.05) is 77.4 Å². The Morgan fingerprint density at radius 3 is 2.46 bits per heavy atom. The van der Waals surface area contributed by atoms with Crippen molar-refractivity contribution in [2.75, 3.05) is 11.1 Å². The maximum atomic E-state index is 12.8. The molecular formula is C27H21ClN4O2S. The van der Waals surface area contributed by atoms with Crippen molar-refractivity contribution in [3.05, 3.63) is 108 Å². The lowest BCUT2D eigenvalue weighted by Crippen LogP contribution is -2.15. The lowest BCUT2D eigenvalue weighted by Gasteiger charge is -2.12. The van der Waals surface area contributed by atoms with Crippen LogP contribution in [0.3, 0.4) is 0 Å². The Morgan fingerprint density at radius 2 is 1.63 bits per heavy atom. The van der Waals surface area contributed by atoms with Crippen LogP contribution in [0.1, 0.15) is 5.82 Å². The van der Waals surface area contributed by atoms with E-state index in [9.17, 15) is 4.79 Å². The number of para-hydroxylation sites is 1. The van der Waals surface area contributed by atoms with Crippen LogP contribution in [0.2, 0.25) is 5.02 Å². The standard InChI is InChI=1S/C27H21ClN4O2S/c28-20-13-15-22(16-14-20)34-17-25-30-31-27(32(25)21-9-2-1-3-10-21)35-18-26(33)29-24-12-6-8-19-7-4-5-11-23(19)24/h1-16H,17-18H2,(H,29,33). The molecule has 0 saturated heterocycles. The molecule has 1 N–H and O–H groups in total. The predicted octanol–water partition coefficient (Wildman–Crippen LogP) is 6.38. The summed E-state index contributed by atoms with van der Waals surface area (Å²) in [5.41, 5.74) is 1.68. The van der Waals surface area contributed by atoms with Crippen LogP contribution < -0.4 is 10.1 Å². The number of fused-ring (bicyclic) bond motifs is 1. The van der Waals surface area contributed by atoms with E-state index in [-0.39, 0.29) is 18.3 Å². The summed E-state index contributed by atoms with van der Waals surface area (Å²) in [6.07, 6.45) is 0. The van der Waals surface area contributed by atoms with Gasteiger partial charge in [0.2, 0.25) is 5.91 Å². The van der Waals surface area contributed by atoms with Gasteiger partial charge in [-0.25, -0.2) is 0 Å². The fourth-order valence-corrected chi connectivity index (χ4v) is 4.55. The average molecular weight is 501 g/mol. The molecular weight excluding hydrogens is 480 g/mol. The number of aromatic nitrogens is 3. The van der Waals surface area contributed by atoms with E-state index < -0.39 is 0 Å². The highest BCUT2D eigenvalue weighted by atomic mass is 35.5. The molecule has 35 heavy (non-hydrogen) atoms. The van der Waals surface area contributed by atoms with Crippen molar-refractivity contribution in [1.82, 2.24) is 14.8 Å². The molecule has 5 aromatic rings. The number of nitrogens with one attached hydrogen (secondary N) is 1. The van der Waals surface area contributed by atoms with Crippen LogP contribution in [0.15, 0.2) is 102 Å². The van der Waals surface area contributed by atoms with Crippen LogP contribution in [-0.2, 0) is 11.4 Å². The minimum absolute atomic E-state index is 0.118. The Balaban J connectivity index is 1.32. The quantitative estimate of drug-likeness (QED) is 0.250. The number of ether oxygens (including phenoxy) is 1. The first-order valence-corrected chi connectivity index (χ1v) is 12.3. The van der Waals surface area contributed by atoms with Crippen molar-refractivity contribution in [1.29, 1.82) is 0 Å². The number of benzene rings is 4. The number of rotatable bonds is 8. The molecule has 174 valence electrons. The number of carbonyl (C=O) groups is 1. The Hall–Kier alpha value is -3.81. The number of thioether (sulfide) groups is 1. The lowest BCUT2D eigenvalue weighted by atomic mass is 10.1. The summed E-state index contributed by atoms with van der Waals surface area (Å²) in [7, 11) is 0. The molecule has 0 fully saturated rings. The molecule has 0 aliphatic rings. The van der Waals surface area contributed by atoms with Crippen molar-refractivity contribution >= 4 is 45.7 Å². The number of nitrogens with zero attached hydrogens (tertiary/aromatic N) is 3. The minimum Gasteiger partial charge on any atom is -0.486 e. The zero-order chi connectivity index (χ0) is 24.0. The molecule has 5 rings (SSSR count). The molecule has 0 aliphatic heterocycles. The third-order valence-corrected chi connectivity index (χ3v) is 6.47. The van der Waals surface area contributed by atoms with E-state index in [2.05, 4.69) is 15.5 Å². The highest BCUT2D eigenvalue weighted by Gasteiger charge is 2.17.